The molecule has 0 atom stereocenters. The standard InChI is InChI=1S/C18H17N7O.C2H6.FH/c26-18-17-15(12-24(18)13-4-3-7-19-10-13)21-25(22-17)14-5-6-16(20-11-14)23-8-1-2-9-23;1-2;/h3-7,10-11H,1-2,8-9,12H2;1-2H3;1H. The highest BCUT2D eigenvalue weighted by molar-refractivity contribution is 6.08. The monoisotopic (exact) mass is 397 g/mol. The van der Waals surface area contributed by atoms with Gasteiger partial charge in [0, 0.05) is 19.3 Å². The summed E-state index contributed by atoms with van der Waals surface area (Å²) in [6.07, 6.45) is 7.53. The van der Waals surface area contributed by atoms with Gasteiger partial charge in [-0.05, 0) is 37.1 Å². The summed E-state index contributed by atoms with van der Waals surface area (Å²) in [7, 11) is 0. The van der Waals surface area contributed by atoms with Crippen molar-refractivity contribution in [1.29, 1.82) is 0 Å². The Hall–Kier alpha value is -3.36. The van der Waals surface area contributed by atoms with E-state index in [9.17, 15) is 4.79 Å². The molecule has 2 aliphatic rings. The second-order valence-corrected chi connectivity index (χ2v) is 6.46. The first-order valence-corrected chi connectivity index (χ1v) is 9.69. The van der Waals surface area contributed by atoms with Crippen molar-refractivity contribution in [3.63, 3.8) is 0 Å². The number of anilines is 2. The molecule has 5 heterocycles. The summed E-state index contributed by atoms with van der Waals surface area (Å²) < 4.78 is 0. The lowest BCUT2D eigenvalue weighted by Gasteiger charge is -2.16. The largest absolute Gasteiger partial charge is 0.357 e. The number of rotatable bonds is 3. The van der Waals surface area contributed by atoms with Gasteiger partial charge in [-0.1, -0.05) is 13.8 Å². The molecule has 1 amide bonds. The molecule has 0 N–H and O–H groups in total. The van der Waals surface area contributed by atoms with Crippen molar-refractivity contribution in [2.24, 2.45) is 0 Å². The van der Waals surface area contributed by atoms with Gasteiger partial charge in [0.15, 0.2) is 5.69 Å². The van der Waals surface area contributed by atoms with Gasteiger partial charge >= 0.3 is 0 Å². The SMILES string of the molecule is CC.F.O=C1c2nn(-c3ccc(N4CCCC4)nc3)nc2CN1c1cccnc1. The normalized spacial score (nSPS) is 14.9. The molecule has 0 aliphatic carbocycles. The number of hydrogen-bond donors (Lipinski definition) is 0. The predicted octanol–water partition coefficient (Wildman–Crippen LogP) is 3.00. The first kappa shape index (κ1) is 20.4. The fourth-order valence-corrected chi connectivity index (χ4v) is 3.43. The second kappa shape index (κ2) is 8.76. The molecule has 1 saturated heterocycles. The molecular weight excluding hydrogens is 373 g/mol. The molecule has 0 bridgehead atoms. The predicted molar refractivity (Wildman–Crippen MR) is 109 cm³/mol. The van der Waals surface area contributed by atoms with Crippen LogP contribution in [0.4, 0.5) is 16.2 Å². The molecule has 8 nitrogen and oxygen atoms in total. The van der Waals surface area contributed by atoms with Crippen LogP contribution in [-0.2, 0) is 6.54 Å². The number of nitrogens with zero attached hydrogens (tertiary/aromatic N) is 7. The van der Waals surface area contributed by atoms with Crippen LogP contribution in [0.3, 0.4) is 0 Å². The smallest absolute Gasteiger partial charge is 0.281 e. The maximum atomic E-state index is 12.6. The van der Waals surface area contributed by atoms with Crippen LogP contribution in [0.1, 0.15) is 42.9 Å². The number of carbonyl (C=O) groups excluding carboxylic acids is 1. The van der Waals surface area contributed by atoms with Gasteiger partial charge in [0.25, 0.3) is 5.91 Å². The topological polar surface area (TPSA) is 80.0 Å². The Morgan fingerprint density at radius 2 is 1.76 bits per heavy atom. The lowest BCUT2D eigenvalue weighted by atomic mass is 10.4. The fourth-order valence-electron chi connectivity index (χ4n) is 3.43. The maximum Gasteiger partial charge on any atom is 0.281 e. The molecule has 2 aliphatic heterocycles. The van der Waals surface area contributed by atoms with Crippen molar-refractivity contribution in [3.05, 3.63) is 54.2 Å². The molecular formula is C20H24FN7O. The molecule has 0 saturated carbocycles. The van der Waals surface area contributed by atoms with E-state index >= 15 is 0 Å². The summed E-state index contributed by atoms with van der Waals surface area (Å²) >= 11 is 0. The summed E-state index contributed by atoms with van der Waals surface area (Å²) in [5, 5.41) is 8.87. The minimum Gasteiger partial charge on any atom is -0.357 e. The van der Waals surface area contributed by atoms with Crippen LogP contribution in [0, 0.1) is 0 Å². The van der Waals surface area contributed by atoms with Crippen molar-refractivity contribution < 1.29 is 9.50 Å². The van der Waals surface area contributed by atoms with E-state index in [1.54, 1.807) is 29.6 Å². The Morgan fingerprint density at radius 1 is 0.966 bits per heavy atom. The van der Waals surface area contributed by atoms with Gasteiger partial charge in [-0.15, -0.1) is 9.90 Å². The summed E-state index contributed by atoms with van der Waals surface area (Å²) in [5.74, 6) is 0.825. The molecule has 3 aromatic rings. The molecule has 9 heteroatoms. The van der Waals surface area contributed by atoms with Crippen molar-refractivity contribution >= 4 is 17.4 Å². The number of hydrogen-bond acceptors (Lipinski definition) is 6. The molecule has 0 spiro atoms. The van der Waals surface area contributed by atoms with E-state index in [2.05, 4.69) is 25.1 Å². The van der Waals surface area contributed by atoms with Gasteiger partial charge in [-0.25, -0.2) is 4.98 Å². The summed E-state index contributed by atoms with van der Waals surface area (Å²) in [6.45, 7) is 6.51. The number of carbonyl (C=O) groups is 1. The van der Waals surface area contributed by atoms with E-state index in [-0.39, 0.29) is 10.6 Å². The molecule has 1 fully saturated rings. The lowest BCUT2D eigenvalue weighted by Crippen LogP contribution is -2.24. The van der Waals surface area contributed by atoms with Crippen LogP contribution in [0.2, 0.25) is 0 Å². The molecule has 5 rings (SSSR count). The van der Waals surface area contributed by atoms with Gasteiger partial charge in [0.05, 0.1) is 24.6 Å². The van der Waals surface area contributed by atoms with E-state index in [0.29, 0.717) is 17.9 Å². The van der Waals surface area contributed by atoms with Crippen LogP contribution >= 0.6 is 0 Å². The highest BCUT2D eigenvalue weighted by atomic mass is 19.0. The summed E-state index contributed by atoms with van der Waals surface area (Å²) in [4.78, 5) is 26.6. The van der Waals surface area contributed by atoms with Gasteiger partial charge in [-0.2, -0.15) is 5.10 Å². The number of fused-ring (bicyclic) bond motifs is 1. The van der Waals surface area contributed by atoms with Crippen LogP contribution < -0.4 is 9.80 Å². The number of amides is 1. The highest BCUT2D eigenvalue weighted by Gasteiger charge is 2.34. The molecule has 29 heavy (non-hydrogen) atoms. The third-order valence-corrected chi connectivity index (χ3v) is 4.79. The third-order valence-electron chi connectivity index (χ3n) is 4.79. The highest BCUT2D eigenvalue weighted by Crippen LogP contribution is 2.26. The van der Waals surface area contributed by atoms with Crippen LogP contribution in [-0.4, -0.2) is 44.0 Å². The third kappa shape index (κ3) is 3.80. The number of pyridine rings is 2. The Kier molecular flexibility index (Phi) is 6.16. The van der Waals surface area contributed by atoms with E-state index < -0.39 is 0 Å². The molecule has 3 aromatic heterocycles. The quantitative estimate of drug-likeness (QED) is 0.676. The first-order valence-electron chi connectivity index (χ1n) is 9.69. The van der Waals surface area contributed by atoms with Gasteiger partial charge in [0.1, 0.15) is 17.2 Å². The maximum absolute atomic E-state index is 12.6. The Bertz CT molecular complexity index is 953. The van der Waals surface area contributed by atoms with Crippen molar-refractivity contribution in [2.75, 3.05) is 22.9 Å². The van der Waals surface area contributed by atoms with E-state index in [1.807, 2.05) is 32.0 Å². The van der Waals surface area contributed by atoms with E-state index in [4.69, 9.17) is 0 Å². The van der Waals surface area contributed by atoms with E-state index in [0.717, 1.165) is 30.3 Å². The summed E-state index contributed by atoms with van der Waals surface area (Å²) in [5.41, 5.74) is 2.56. The average Bonchev–Trinajstić information content (AvgIpc) is 3.49. The van der Waals surface area contributed by atoms with Crippen molar-refractivity contribution in [1.82, 2.24) is 25.0 Å². The van der Waals surface area contributed by atoms with Crippen LogP contribution in [0.5, 0.6) is 0 Å². The summed E-state index contributed by atoms with van der Waals surface area (Å²) in [6, 6.07) is 7.59. The molecule has 152 valence electrons. The van der Waals surface area contributed by atoms with Gasteiger partial charge < -0.3 is 4.90 Å². The molecule has 0 aromatic carbocycles. The van der Waals surface area contributed by atoms with E-state index in [1.165, 1.54) is 17.6 Å². The lowest BCUT2D eigenvalue weighted by molar-refractivity contribution is 0.0991. The van der Waals surface area contributed by atoms with Crippen molar-refractivity contribution in [2.45, 2.75) is 33.2 Å². The zero-order chi connectivity index (χ0) is 19.5. The minimum absolute atomic E-state index is 0. The average molecular weight is 397 g/mol. The second-order valence-electron chi connectivity index (χ2n) is 6.46. The molecule has 0 radical (unpaired) electrons. The number of aromatic nitrogens is 5. The number of halogens is 1. The zero-order valence-electron chi connectivity index (χ0n) is 16.5. The van der Waals surface area contributed by atoms with Crippen LogP contribution in [0.25, 0.3) is 5.69 Å². The van der Waals surface area contributed by atoms with Crippen LogP contribution in [0.15, 0.2) is 42.9 Å². The first-order chi connectivity index (χ1) is 13.8. The van der Waals surface area contributed by atoms with Crippen molar-refractivity contribution in [3.8, 4) is 5.69 Å². The Balaban J connectivity index is 0.000000778. The van der Waals surface area contributed by atoms with Gasteiger partial charge in [-0.3, -0.25) is 19.4 Å². The minimum atomic E-state index is -0.152. The van der Waals surface area contributed by atoms with Gasteiger partial charge in [0.2, 0.25) is 0 Å². The zero-order valence-corrected chi connectivity index (χ0v) is 16.5. The molecule has 0 unspecified atom stereocenters. The Morgan fingerprint density at radius 3 is 2.38 bits per heavy atom. The Labute approximate surface area is 168 Å². The fraction of sp³-hybridized carbons (Fsp3) is 0.350.